The number of alkyl halides is 3. The van der Waals surface area contributed by atoms with Gasteiger partial charge < -0.3 is 11.1 Å². The molecule has 0 saturated heterocycles. The van der Waals surface area contributed by atoms with Crippen LogP contribution in [0.4, 0.5) is 19.0 Å². The number of anilines is 1. The summed E-state index contributed by atoms with van der Waals surface area (Å²) in [5.74, 6) is -1.50. The average molecular weight is 348 g/mol. The maximum Gasteiger partial charge on any atom is 0.417 e. The molecule has 0 atom stereocenters. The number of carbonyl (C=O) groups excluding carboxylic acids is 1. The molecule has 0 fully saturated rings. The van der Waals surface area contributed by atoms with Crippen molar-refractivity contribution in [1.82, 2.24) is 14.6 Å². The van der Waals surface area contributed by atoms with Crippen molar-refractivity contribution in [2.24, 2.45) is 5.73 Å². The Morgan fingerprint density at radius 2 is 1.92 bits per heavy atom. The SMILES string of the molecule is N=C(N)C(=O)Nc1cnc2ccc(-c3ccccc3C(F)(F)F)nn12. The van der Waals surface area contributed by atoms with Gasteiger partial charge in [0, 0.05) is 5.56 Å². The number of aromatic nitrogens is 3. The van der Waals surface area contributed by atoms with E-state index < -0.39 is 23.5 Å². The molecule has 3 rings (SSSR count). The first-order valence-electron chi connectivity index (χ1n) is 6.94. The fourth-order valence-corrected chi connectivity index (χ4v) is 2.24. The second-order valence-electron chi connectivity index (χ2n) is 5.04. The van der Waals surface area contributed by atoms with Crippen molar-refractivity contribution >= 4 is 23.2 Å². The first kappa shape index (κ1) is 16.4. The molecule has 0 unspecified atom stereocenters. The van der Waals surface area contributed by atoms with Gasteiger partial charge in [0.25, 0.3) is 5.91 Å². The van der Waals surface area contributed by atoms with Gasteiger partial charge in [0.05, 0.1) is 17.5 Å². The van der Waals surface area contributed by atoms with Crippen LogP contribution in [0.3, 0.4) is 0 Å². The van der Waals surface area contributed by atoms with E-state index in [0.717, 1.165) is 6.07 Å². The highest BCUT2D eigenvalue weighted by Gasteiger charge is 2.33. The molecular weight excluding hydrogens is 337 g/mol. The predicted octanol–water partition coefficient (Wildman–Crippen LogP) is 2.29. The molecule has 0 radical (unpaired) electrons. The molecule has 25 heavy (non-hydrogen) atoms. The van der Waals surface area contributed by atoms with Gasteiger partial charge in [-0.3, -0.25) is 10.2 Å². The molecule has 1 amide bonds. The Morgan fingerprint density at radius 3 is 2.60 bits per heavy atom. The van der Waals surface area contributed by atoms with E-state index in [1.165, 1.54) is 41.0 Å². The number of benzene rings is 1. The van der Waals surface area contributed by atoms with Crippen molar-refractivity contribution < 1.29 is 18.0 Å². The van der Waals surface area contributed by atoms with Gasteiger partial charge in [-0.1, -0.05) is 18.2 Å². The number of nitrogens with one attached hydrogen (secondary N) is 2. The molecule has 128 valence electrons. The van der Waals surface area contributed by atoms with Crippen molar-refractivity contribution in [2.45, 2.75) is 6.18 Å². The van der Waals surface area contributed by atoms with Gasteiger partial charge >= 0.3 is 6.18 Å². The van der Waals surface area contributed by atoms with Gasteiger partial charge in [0.15, 0.2) is 17.3 Å². The lowest BCUT2D eigenvalue weighted by atomic mass is 10.0. The minimum atomic E-state index is -4.53. The molecule has 0 spiro atoms. The van der Waals surface area contributed by atoms with Crippen LogP contribution in [0.25, 0.3) is 16.9 Å². The van der Waals surface area contributed by atoms with Crippen molar-refractivity contribution in [3.8, 4) is 11.3 Å². The smallest absolute Gasteiger partial charge is 0.380 e. The van der Waals surface area contributed by atoms with Gasteiger partial charge in [0.2, 0.25) is 0 Å². The molecule has 0 bridgehead atoms. The fraction of sp³-hybridized carbons (Fsp3) is 0.0667. The van der Waals surface area contributed by atoms with Crippen LogP contribution in [0.1, 0.15) is 5.56 Å². The summed E-state index contributed by atoms with van der Waals surface area (Å²) in [6.45, 7) is 0. The summed E-state index contributed by atoms with van der Waals surface area (Å²) < 4.78 is 40.7. The summed E-state index contributed by atoms with van der Waals surface area (Å²) in [5, 5.41) is 13.5. The Labute approximate surface area is 138 Å². The maximum atomic E-state index is 13.2. The molecule has 7 nitrogen and oxygen atoms in total. The molecule has 1 aromatic carbocycles. The second kappa shape index (κ2) is 5.89. The molecule has 0 saturated carbocycles. The molecular formula is C15H11F3N6O. The number of rotatable bonds is 2. The molecule has 0 aliphatic carbocycles. The minimum Gasteiger partial charge on any atom is -0.380 e. The number of hydrogen-bond acceptors (Lipinski definition) is 4. The van der Waals surface area contributed by atoms with E-state index in [9.17, 15) is 18.0 Å². The van der Waals surface area contributed by atoms with E-state index in [2.05, 4.69) is 15.4 Å². The lowest BCUT2D eigenvalue weighted by Crippen LogP contribution is -2.29. The highest BCUT2D eigenvalue weighted by atomic mass is 19.4. The third kappa shape index (κ3) is 3.13. The first-order chi connectivity index (χ1) is 11.8. The average Bonchev–Trinajstić information content (AvgIpc) is 2.96. The van der Waals surface area contributed by atoms with E-state index >= 15 is 0 Å². The number of amides is 1. The Morgan fingerprint density at radius 1 is 1.20 bits per heavy atom. The van der Waals surface area contributed by atoms with Gasteiger partial charge in [-0.2, -0.15) is 22.8 Å². The quantitative estimate of drug-likeness (QED) is 0.487. The molecule has 4 N–H and O–H groups in total. The van der Waals surface area contributed by atoms with Crippen molar-refractivity contribution in [2.75, 3.05) is 5.32 Å². The maximum absolute atomic E-state index is 13.2. The Kier molecular flexibility index (Phi) is 3.87. The summed E-state index contributed by atoms with van der Waals surface area (Å²) in [5.41, 5.74) is 4.52. The molecule has 10 heteroatoms. The van der Waals surface area contributed by atoms with Crippen LogP contribution in [0, 0.1) is 5.41 Å². The number of halogens is 3. The molecule has 0 aliphatic heterocycles. The van der Waals surface area contributed by atoms with Gasteiger partial charge in [-0.05, 0) is 18.2 Å². The van der Waals surface area contributed by atoms with Crippen molar-refractivity contribution in [1.29, 1.82) is 5.41 Å². The molecule has 0 aliphatic rings. The minimum absolute atomic E-state index is 0.0525. The van der Waals surface area contributed by atoms with Gasteiger partial charge in [-0.25, -0.2) is 4.98 Å². The summed E-state index contributed by atoms with van der Waals surface area (Å²) in [4.78, 5) is 15.5. The topological polar surface area (TPSA) is 109 Å². The summed E-state index contributed by atoms with van der Waals surface area (Å²) >= 11 is 0. The number of nitrogens with zero attached hydrogens (tertiary/aromatic N) is 3. The fourth-order valence-electron chi connectivity index (χ4n) is 2.24. The highest BCUT2D eigenvalue weighted by molar-refractivity contribution is 6.40. The van der Waals surface area contributed by atoms with Crippen LogP contribution < -0.4 is 11.1 Å². The zero-order valence-corrected chi connectivity index (χ0v) is 12.5. The third-order valence-electron chi connectivity index (χ3n) is 3.36. The number of carbonyl (C=O) groups is 1. The molecule has 3 aromatic rings. The number of fused-ring (bicyclic) bond motifs is 1. The summed E-state index contributed by atoms with van der Waals surface area (Å²) in [6.07, 6.45) is -3.27. The predicted molar refractivity (Wildman–Crippen MR) is 84.0 cm³/mol. The number of hydrogen-bond donors (Lipinski definition) is 3. The van der Waals surface area contributed by atoms with Crippen molar-refractivity contribution in [3.05, 3.63) is 48.2 Å². The van der Waals surface area contributed by atoms with Gasteiger partial charge in [0.1, 0.15) is 0 Å². The lowest BCUT2D eigenvalue weighted by molar-refractivity contribution is -0.137. The summed E-state index contributed by atoms with van der Waals surface area (Å²) in [6, 6.07) is 7.92. The standard InChI is InChI=1S/C15H11F3N6O/c16-15(17,18)9-4-2-1-3-8(9)10-5-6-11-21-7-12(24(11)23-10)22-14(25)13(19)20/h1-7H,(H3,19,20)(H,22,25). The van der Waals surface area contributed by atoms with Crippen molar-refractivity contribution in [3.63, 3.8) is 0 Å². The monoisotopic (exact) mass is 348 g/mol. The largest absolute Gasteiger partial charge is 0.417 e. The third-order valence-corrected chi connectivity index (χ3v) is 3.36. The Balaban J connectivity index is 2.11. The van der Waals surface area contributed by atoms with Crippen LogP contribution >= 0.6 is 0 Å². The number of amidine groups is 1. The molecule has 2 aromatic heterocycles. The van der Waals surface area contributed by atoms with Gasteiger partial charge in [-0.15, -0.1) is 0 Å². The normalized spacial score (nSPS) is 11.5. The Bertz CT molecular complexity index is 979. The van der Waals surface area contributed by atoms with Crippen LogP contribution in [0.5, 0.6) is 0 Å². The second-order valence-corrected chi connectivity index (χ2v) is 5.04. The van der Waals surface area contributed by atoms with Crippen LogP contribution in [-0.4, -0.2) is 26.3 Å². The van der Waals surface area contributed by atoms with Crippen LogP contribution in [0.2, 0.25) is 0 Å². The zero-order chi connectivity index (χ0) is 18.2. The van der Waals surface area contributed by atoms with Crippen LogP contribution in [0.15, 0.2) is 42.6 Å². The zero-order valence-electron chi connectivity index (χ0n) is 12.5. The number of nitrogens with two attached hydrogens (primary N) is 1. The van der Waals surface area contributed by atoms with E-state index in [1.807, 2.05) is 0 Å². The van der Waals surface area contributed by atoms with Crippen LogP contribution in [-0.2, 0) is 11.0 Å². The highest BCUT2D eigenvalue weighted by Crippen LogP contribution is 2.36. The first-order valence-corrected chi connectivity index (χ1v) is 6.94. The summed E-state index contributed by atoms with van der Waals surface area (Å²) in [7, 11) is 0. The van der Waals surface area contributed by atoms with E-state index in [-0.39, 0.29) is 17.1 Å². The number of imidazole rings is 1. The van der Waals surface area contributed by atoms with E-state index in [4.69, 9.17) is 11.1 Å². The lowest BCUT2D eigenvalue weighted by Gasteiger charge is -2.12. The Hall–Kier alpha value is -3.43. The molecule has 2 heterocycles. The van der Waals surface area contributed by atoms with E-state index in [0.29, 0.717) is 5.65 Å². The van der Waals surface area contributed by atoms with E-state index in [1.54, 1.807) is 0 Å².